The number of carbonyl (C=O) groups is 1. The van der Waals surface area contributed by atoms with Crippen LogP contribution < -0.4 is 11.1 Å². The maximum Gasteiger partial charge on any atom is 0.239 e. The van der Waals surface area contributed by atoms with Gasteiger partial charge in [-0.05, 0) is 37.9 Å². The van der Waals surface area contributed by atoms with E-state index in [1.807, 2.05) is 6.07 Å². The molecule has 4 nitrogen and oxygen atoms in total. The van der Waals surface area contributed by atoms with E-state index in [0.29, 0.717) is 6.54 Å². The lowest BCUT2D eigenvalue weighted by atomic mass is 9.87. The van der Waals surface area contributed by atoms with Gasteiger partial charge in [-0.2, -0.15) is 0 Å². The second-order valence-corrected chi connectivity index (χ2v) is 5.67. The number of rotatable bonds is 6. The van der Waals surface area contributed by atoms with Gasteiger partial charge in [0, 0.05) is 13.1 Å². The van der Waals surface area contributed by atoms with Crippen LogP contribution in [0.15, 0.2) is 30.3 Å². The van der Waals surface area contributed by atoms with Crippen LogP contribution >= 0.6 is 0 Å². The van der Waals surface area contributed by atoms with Gasteiger partial charge in [-0.25, -0.2) is 0 Å². The van der Waals surface area contributed by atoms with Crippen LogP contribution in [0.5, 0.6) is 0 Å². The number of primary amides is 1. The summed E-state index contributed by atoms with van der Waals surface area (Å²) in [4.78, 5) is 14.2. The molecule has 1 unspecified atom stereocenters. The number of amides is 1. The van der Waals surface area contributed by atoms with E-state index in [-0.39, 0.29) is 5.91 Å². The second kappa shape index (κ2) is 6.86. The van der Waals surface area contributed by atoms with Gasteiger partial charge in [-0.3, -0.25) is 9.69 Å². The van der Waals surface area contributed by atoms with Crippen molar-refractivity contribution >= 4 is 5.91 Å². The van der Waals surface area contributed by atoms with Crippen molar-refractivity contribution in [2.75, 3.05) is 19.6 Å². The van der Waals surface area contributed by atoms with Crippen molar-refractivity contribution in [2.45, 2.75) is 38.3 Å². The highest BCUT2D eigenvalue weighted by Gasteiger charge is 2.39. The first-order chi connectivity index (χ1) is 9.66. The summed E-state index contributed by atoms with van der Waals surface area (Å²) in [5.41, 5.74) is 6.40. The Morgan fingerprint density at radius 3 is 2.80 bits per heavy atom. The summed E-state index contributed by atoms with van der Waals surface area (Å²) in [5, 5.41) is 3.38. The summed E-state index contributed by atoms with van der Waals surface area (Å²) < 4.78 is 0. The molecule has 3 N–H and O–H groups in total. The van der Waals surface area contributed by atoms with Crippen LogP contribution in [-0.2, 0) is 11.3 Å². The van der Waals surface area contributed by atoms with Crippen molar-refractivity contribution in [3.63, 3.8) is 0 Å². The van der Waals surface area contributed by atoms with E-state index in [1.54, 1.807) is 0 Å². The van der Waals surface area contributed by atoms with Crippen molar-refractivity contribution < 1.29 is 4.79 Å². The predicted molar refractivity (Wildman–Crippen MR) is 81.2 cm³/mol. The summed E-state index contributed by atoms with van der Waals surface area (Å²) >= 11 is 0. The minimum Gasteiger partial charge on any atom is -0.368 e. The highest BCUT2D eigenvalue weighted by Crippen LogP contribution is 2.22. The number of likely N-dealkylation sites (tertiary alicyclic amines) is 1. The smallest absolute Gasteiger partial charge is 0.239 e. The average molecular weight is 275 g/mol. The third-order valence-corrected chi connectivity index (χ3v) is 4.01. The maximum atomic E-state index is 11.9. The normalized spacial score (nSPS) is 23.6. The van der Waals surface area contributed by atoms with Crippen molar-refractivity contribution in [3.05, 3.63) is 35.9 Å². The summed E-state index contributed by atoms with van der Waals surface area (Å²) in [6, 6.07) is 10.4. The monoisotopic (exact) mass is 275 g/mol. The topological polar surface area (TPSA) is 58.4 Å². The van der Waals surface area contributed by atoms with Crippen molar-refractivity contribution in [1.82, 2.24) is 10.2 Å². The van der Waals surface area contributed by atoms with E-state index < -0.39 is 5.54 Å². The van der Waals surface area contributed by atoms with Crippen LogP contribution in [0, 0.1) is 0 Å². The van der Waals surface area contributed by atoms with Crippen LogP contribution in [0.4, 0.5) is 0 Å². The highest BCUT2D eigenvalue weighted by molar-refractivity contribution is 5.85. The lowest BCUT2D eigenvalue weighted by Gasteiger charge is -2.41. The van der Waals surface area contributed by atoms with Crippen LogP contribution in [0.1, 0.15) is 31.7 Å². The Bertz CT molecular complexity index is 435. The van der Waals surface area contributed by atoms with Crippen molar-refractivity contribution in [3.8, 4) is 0 Å². The third-order valence-electron chi connectivity index (χ3n) is 4.01. The van der Waals surface area contributed by atoms with E-state index in [4.69, 9.17) is 5.73 Å². The standard InChI is InChI=1S/C16H25N3O/c1-2-10-18-16(15(17)20)9-6-11-19(13-16)12-14-7-4-3-5-8-14/h3-5,7-8,18H,2,6,9-13H2,1H3,(H2,17,20). The fourth-order valence-corrected chi connectivity index (χ4v) is 2.92. The molecule has 20 heavy (non-hydrogen) atoms. The number of carbonyl (C=O) groups excluding carboxylic acids is 1. The quantitative estimate of drug-likeness (QED) is 0.827. The summed E-state index contributed by atoms with van der Waals surface area (Å²) in [6.07, 6.45) is 2.85. The lowest BCUT2D eigenvalue weighted by molar-refractivity contribution is -0.126. The molecule has 1 aliphatic rings. The van der Waals surface area contributed by atoms with E-state index in [1.165, 1.54) is 5.56 Å². The third kappa shape index (κ3) is 3.58. The molecule has 1 heterocycles. The van der Waals surface area contributed by atoms with Crippen LogP contribution in [0.25, 0.3) is 0 Å². The molecule has 1 aliphatic heterocycles. The van der Waals surface area contributed by atoms with Gasteiger partial charge < -0.3 is 11.1 Å². The SMILES string of the molecule is CCCNC1(C(N)=O)CCCN(Cc2ccccc2)C1. The Kier molecular flexibility index (Phi) is 5.15. The van der Waals surface area contributed by atoms with E-state index in [0.717, 1.165) is 38.9 Å². The molecule has 110 valence electrons. The first-order valence-corrected chi connectivity index (χ1v) is 7.47. The largest absolute Gasteiger partial charge is 0.368 e. The highest BCUT2D eigenvalue weighted by atomic mass is 16.1. The number of nitrogens with zero attached hydrogens (tertiary/aromatic N) is 1. The molecule has 0 saturated carbocycles. The molecule has 0 aromatic heterocycles. The summed E-state index contributed by atoms with van der Waals surface area (Å²) in [5.74, 6) is -0.219. The second-order valence-electron chi connectivity index (χ2n) is 5.67. The number of nitrogens with one attached hydrogen (secondary N) is 1. The molecular formula is C16H25N3O. The fourth-order valence-electron chi connectivity index (χ4n) is 2.92. The minimum absolute atomic E-state index is 0.219. The molecular weight excluding hydrogens is 250 g/mol. The summed E-state index contributed by atoms with van der Waals surface area (Å²) in [6.45, 7) is 5.55. The van der Waals surface area contributed by atoms with E-state index >= 15 is 0 Å². The van der Waals surface area contributed by atoms with Gasteiger partial charge in [0.1, 0.15) is 5.54 Å². The summed E-state index contributed by atoms with van der Waals surface area (Å²) in [7, 11) is 0. The molecule has 4 heteroatoms. The maximum absolute atomic E-state index is 11.9. The molecule has 1 aromatic carbocycles. The van der Waals surface area contributed by atoms with Crippen LogP contribution in [-0.4, -0.2) is 36.0 Å². The Labute approximate surface area is 121 Å². The van der Waals surface area contributed by atoms with Crippen molar-refractivity contribution in [1.29, 1.82) is 0 Å². The fraction of sp³-hybridized carbons (Fsp3) is 0.562. The predicted octanol–water partition coefficient (Wildman–Crippen LogP) is 1.51. The van der Waals surface area contributed by atoms with Gasteiger partial charge in [0.05, 0.1) is 0 Å². The van der Waals surface area contributed by atoms with Crippen LogP contribution in [0.3, 0.4) is 0 Å². The average Bonchev–Trinajstić information content (AvgIpc) is 2.46. The van der Waals surface area contributed by atoms with Gasteiger partial charge in [0.25, 0.3) is 0 Å². The van der Waals surface area contributed by atoms with Gasteiger partial charge in [-0.15, -0.1) is 0 Å². The lowest BCUT2D eigenvalue weighted by Crippen LogP contribution is -2.64. The molecule has 0 spiro atoms. The van der Waals surface area contributed by atoms with Gasteiger partial charge in [-0.1, -0.05) is 37.3 Å². The zero-order valence-corrected chi connectivity index (χ0v) is 12.3. The van der Waals surface area contributed by atoms with Crippen LogP contribution in [0.2, 0.25) is 0 Å². The van der Waals surface area contributed by atoms with Gasteiger partial charge in [0.15, 0.2) is 0 Å². The number of hydrogen-bond donors (Lipinski definition) is 2. The molecule has 1 atom stereocenters. The van der Waals surface area contributed by atoms with E-state index in [2.05, 4.69) is 41.4 Å². The molecule has 0 bridgehead atoms. The van der Waals surface area contributed by atoms with Gasteiger partial charge >= 0.3 is 0 Å². The molecule has 0 radical (unpaired) electrons. The molecule has 1 saturated heterocycles. The molecule has 0 aliphatic carbocycles. The number of piperidine rings is 1. The molecule has 1 amide bonds. The van der Waals surface area contributed by atoms with E-state index in [9.17, 15) is 4.79 Å². The van der Waals surface area contributed by atoms with Crippen molar-refractivity contribution in [2.24, 2.45) is 5.73 Å². The number of hydrogen-bond acceptors (Lipinski definition) is 3. The zero-order chi connectivity index (χ0) is 14.4. The Morgan fingerprint density at radius 2 is 2.15 bits per heavy atom. The number of nitrogens with two attached hydrogens (primary N) is 1. The Balaban J connectivity index is 2.04. The first kappa shape index (κ1) is 15.0. The number of benzene rings is 1. The molecule has 1 fully saturated rings. The minimum atomic E-state index is -0.553. The molecule has 1 aromatic rings. The first-order valence-electron chi connectivity index (χ1n) is 7.47. The Hall–Kier alpha value is -1.39. The Morgan fingerprint density at radius 1 is 1.40 bits per heavy atom. The zero-order valence-electron chi connectivity index (χ0n) is 12.3. The van der Waals surface area contributed by atoms with Gasteiger partial charge in [0.2, 0.25) is 5.91 Å². The molecule has 2 rings (SSSR count).